The van der Waals surface area contributed by atoms with Crippen LogP contribution in [0.15, 0.2) is 30.5 Å². The second-order valence-electron chi connectivity index (χ2n) is 8.85. The van der Waals surface area contributed by atoms with E-state index in [1.165, 1.54) is 12.8 Å². The van der Waals surface area contributed by atoms with Gasteiger partial charge >= 0.3 is 0 Å². The molecule has 1 aromatic carbocycles. The van der Waals surface area contributed by atoms with E-state index in [9.17, 15) is 4.79 Å². The first-order valence-electron chi connectivity index (χ1n) is 11.4. The molecule has 0 bridgehead atoms. The molecule has 9 heteroatoms. The van der Waals surface area contributed by atoms with Crippen molar-refractivity contribution in [3.8, 4) is 0 Å². The molecule has 2 fully saturated rings. The molecule has 2 aliphatic rings. The van der Waals surface area contributed by atoms with Crippen LogP contribution in [0.2, 0.25) is 5.02 Å². The maximum atomic E-state index is 11.7. The molecule has 168 valence electrons. The molecule has 1 amide bonds. The second-order valence-corrected chi connectivity index (χ2v) is 9.25. The number of anilines is 3. The number of aromatic nitrogens is 4. The summed E-state index contributed by atoms with van der Waals surface area (Å²) in [5.74, 6) is 1.05. The number of benzene rings is 1. The fraction of sp³-hybridized carbons (Fsp3) is 0.478. The van der Waals surface area contributed by atoms with Crippen LogP contribution < -0.4 is 16.4 Å². The Kier molecular flexibility index (Phi) is 5.87. The van der Waals surface area contributed by atoms with Crippen molar-refractivity contribution in [2.45, 2.75) is 63.5 Å². The molecule has 0 unspecified atom stereocenters. The van der Waals surface area contributed by atoms with Gasteiger partial charge in [0, 0.05) is 18.0 Å². The number of nitrogens with zero attached hydrogens (tertiary/aromatic N) is 4. The van der Waals surface area contributed by atoms with Crippen molar-refractivity contribution in [2.24, 2.45) is 11.7 Å². The van der Waals surface area contributed by atoms with Crippen molar-refractivity contribution in [1.82, 2.24) is 19.5 Å². The van der Waals surface area contributed by atoms with Gasteiger partial charge < -0.3 is 16.4 Å². The van der Waals surface area contributed by atoms with E-state index >= 15 is 0 Å². The molecule has 5 rings (SSSR count). The van der Waals surface area contributed by atoms with E-state index in [2.05, 4.69) is 20.2 Å². The van der Waals surface area contributed by atoms with Gasteiger partial charge in [0.25, 0.3) is 0 Å². The van der Waals surface area contributed by atoms with Crippen molar-refractivity contribution in [3.05, 3.63) is 35.5 Å². The van der Waals surface area contributed by atoms with Gasteiger partial charge in [-0.1, -0.05) is 36.6 Å². The second kappa shape index (κ2) is 8.94. The number of rotatable bonds is 6. The van der Waals surface area contributed by atoms with Crippen molar-refractivity contribution >= 4 is 46.3 Å². The smallest absolute Gasteiger partial charge is 0.224 e. The van der Waals surface area contributed by atoms with E-state index in [0.29, 0.717) is 23.0 Å². The van der Waals surface area contributed by atoms with E-state index in [0.717, 1.165) is 55.4 Å². The lowest BCUT2D eigenvalue weighted by atomic mass is 9.85. The molecule has 2 aromatic heterocycles. The van der Waals surface area contributed by atoms with Gasteiger partial charge in [0.2, 0.25) is 17.8 Å². The number of nitrogens with one attached hydrogen (secondary N) is 2. The molecule has 4 N–H and O–H groups in total. The van der Waals surface area contributed by atoms with Gasteiger partial charge in [0.1, 0.15) is 5.52 Å². The van der Waals surface area contributed by atoms with Crippen LogP contribution in [0.5, 0.6) is 0 Å². The van der Waals surface area contributed by atoms with Gasteiger partial charge in [0.05, 0.1) is 16.9 Å². The molecule has 0 spiro atoms. The highest BCUT2D eigenvalue weighted by Crippen LogP contribution is 2.37. The number of halogens is 1. The Morgan fingerprint density at radius 3 is 2.53 bits per heavy atom. The largest absolute Gasteiger partial charge is 0.369 e. The Morgan fingerprint density at radius 2 is 1.81 bits per heavy atom. The number of fused-ring (bicyclic) bond motifs is 1. The highest BCUT2D eigenvalue weighted by molar-refractivity contribution is 6.33. The Hall–Kier alpha value is -2.87. The number of carbonyl (C=O) groups excluding carboxylic acids is 1. The van der Waals surface area contributed by atoms with Crippen LogP contribution in [-0.4, -0.2) is 31.5 Å². The molecule has 0 saturated heterocycles. The monoisotopic (exact) mass is 453 g/mol. The minimum Gasteiger partial charge on any atom is -0.369 e. The predicted molar refractivity (Wildman–Crippen MR) is 126 cm³/mol. The fourth-order valence-corrected chi connectivity index (χ4v) is 5.13. The van der Waals surface area contributed by atoms with Crippen molar-refractivity contribution in [2.75, 3.05) is 10.6 Å². The van der Waals surface area contributed by atoms with Crippen LogP contribution in [0.3, 0.4) is 0 Å². The van der Waals surface area contributed by atoms with Crippen LogP contribution in [0, 0.1) is 5.92 Å². The summed E-state index contributed by atoms with van der Waals surface area (Å²) < 4.78 is 2.15. The standard InChI is InChI=1S/C23H28ClN7O/c24-17-7-3-4-8-18(17)28-23-29-19-13-26-22(27-15-5-1-2-6-15)30-21(19)31(23)16-11-9-14(10-12-16)20(25)32/h3-4,7-8,13-16H,1-2,5-6,9-12H2,(H2,25,32)(H,28,29)(H,26,27,30)/t14-,16-. The summed E-state index contributed by atoms with van der Waals surface area (Å²) in [5.41, 5.74) is 7.86. The van der Waals surface area contributed by atoms with E-state index < -0.39 is 0 Å². The zero-order chi connectivity index (χ0) is 22.1. The number of para-hydroxylation sites is 1. The molecular formula is C23H28ClN7O. The van der Waals surface area contributed by atoms with E-state index in [1.807, 2.05) is 24.3 Å². The molecular weight excluding hydrogens is 426 g/mol. The SMILES string of the molecule is NC(=O)[C@H]1CC[C@H](n2c(Nc3ccccc3Cl)nc3cnc(NC4CCCC4)nc32)CC1. The van der Waals surface area contributed by atoms with Gasteiger partial charge in [-0.15, -0.1) is 0 Å². The number of nitrogens with two attached hydrogens (primary N) is 1. The first kappa shape index (κ1) is 21.0. The number of imidazole rings is 1. The average Bonchev–Trinajstić information content (AvgIpc) is 3.43. The fourth-order valence-electron chi connectivity index (χ4n) is 4.95. The van der Waals surface area contributed by atoms with Gasteiger partial charge in [-0.2, -0.15) is 4.98 Å². The number of primary amides is 1. The van der Waals surface area contributed by atoms with Crippen LogP contribution >= 0.6 is 11.6 Å². The Morgan fingerprint density at radius 1 is 1.06 bits per heavy atom. The summed E-state index contributed by atoms with van der Waals surface area (Å²) in [6, 6.07) is 8.19. The van der Waals surface area contributed by atoms with Crippen molar-refractivity contribution in [3.63, 3.8) is 0 Å². The molecule has 8 nitrogen and oxygen atoms in total. The summed E-state index contributed by atoms with van der Waals surface area (Å²) in [4.78, 5) is 25.8. The molecule has 0 radical (unpaired) electrons. The summed E-state index contributed by atoms with van der Waals surface area (Å²) in [6.45, 7) is 0. The van der Waals surface area contributed by atoms with Crippen LogP contribution in [-0.2, 0) is 4.79 Å². The third-order valence-corrected chi connectivity index (χ3v) is 7.04. The zero-order valence-corrected chi connectivity index (χ0v) is 18.7. The Balaban J connectivity index is 1.51. The number of hydrogen-bond donors (Lipinski definition) is 3. The first-order chi connectivity index (χ1) is 15.6. The highest BCUT2D eigenvalue weighted by atomic mass is 35.5. The Bertz CT molecular complexity index is 1120. The Labute approximate surface area is 192 Å². The van der Waals surface area contributed by atoms with Crippen LogP contribution in [0.4, 0.5) is 17.6 Å². The molecule has 2 saturated carbocycles. The van der Waals surface area contributed by atoms with E-state index in [4.69, 9.17) is 27.3 Å². The molecule has 32 heavy (non-hydrogen) atoms. The van der Waals surface area contributed by atoms with Gasteiger partial charge in [-0.3, -0.25) is 9.36 Å². The van der Waals surface area contributed by atoms with E-state index in [-0.39, 0.29) is 17.9 Å². The maximum absolute atomic E-state index is 11.7. The summed E-state index contributed by atoms with van der Waals surface area (Å²) in [7, 11) is 0. The summed E-state index contributed by atoms with van der Waals surface area (Å²) >= 11 is 6.40. The molecule has 2 aliphatic carbocycles. The predicted octanol–water partition coefficient (Wildman–Crippen LogP) is 4.79. The van der Waals surface area contributed by atoms with Gasteiger partial charge in [-0.05, 0) is 50.7 Å². The third kappa shape index (κ3) is 4.24. The van der Waals surface area contributed by atoms with Gasteiger partial charge in [-0.25, -0.2) is 9.97 Å². The number of hydrogen-bond acceptors (Lipinski definition) is 6. The minimum absolute atomic E-state index is 0.0600. The number of carbonyl (C=O) groups is 1. The lowest BCUT2D eigenvalue weighted by Crippen LogP contribution is -2.28. The van der Waals surface area contributed by atoms with Crippen molar-refractivity contribution in [1.29, 1.82) is 0 Å². The summed E-state index contributed by atoms with van der Waals surface area (Å²) in [5, 5.41) is 7.50. The molecule has 0 atom stereocenters. The number of amides is 1. The van der Waals surface area contributed by atoms with E-state index in [1.54, 1.807) is 6.20 Å². The quantitative estimate of drug-likeness (QED) is 0.494. The molecule has 0 aliphatic heterocycles. The zero-order valence-electron chi connectivity index (χ0n) is 17.9. The van der Waals surface area contributed by atoms with Crippen LogP contribution in [0.1, 0.15) is 57.4 Å². The topological polar surface area (TPSA) is 111 Å². The first-order valence-corrected chi connectivity index (χ1v) is 11.8. The third-order valence-electron chi connectivity index (χ3n) is 6.71. The van der Waals surface area contributed by atoms with Crippen molar-refractivity contribution < 1.29 is 4.79 Å². The highest BCUT2D eigenvalue weighted by Gasteiger charge is 2.29. The maximum Gasteiger partial charge on any atom is 0.224 e. The lowest BCUT2D eigenvalue weighted by Gasteiger charge is -2.29. The average molecular weight is 454 g/mol. The normalized spacial score (nSPS) is 21.7. The molecule has 2 heterocycles. The molecule has 3 aromatic rings. The lowest BCUT2D eigenvalue weighted by molar-refractivity contribution is -0.122. The van der Waals surface area contributed by atoms with Crippen LogP contribution in [0.25, 0.3) is 11.2 Å². The minimum atomic E-state index is -0.210. The van der Waals surface area contributed by atoms with Gasteiger partial charge in [0.15, 0.2) is 5.65 Å². The summed E-state index contributed by atoms with van der Waals surface area (Å²) in [6.07, 6.45) is 9.78.